The van der Waals surface area contributed by atoms with Crippen molar-refractivity contribution >= 4 is 17.0 Å². The van der Waals surface area contributed by atoms with E-state index in [0.717, 1.165) is 29.8 Å². The third-order valence-electron chi connectivity index (χ3n) is 3.59. The molecule has 0 saturated carbocycles. The molecule has 5 nitrogen and oxygen atoms in total. The number of hydrogen-bond donors (Lipinski definition) is 1. The number of anilines is 1. The van der Waals surface area contributed by atoms with Crippen LogP contribution in [-0.4, -0.2) is 29.4 Å². The third-order valence-corrected chi connectivity index (χ3v) is 3.59. The molecule has 1 saturated heterocycles. The summed E-state index contributed by atoms with van der Waals surface area (Å²) in [5.41, 5.74) is 7.95. The van der Waals surface area contributed by atoms with Crippen LogP contribution in [-0.2, 0) is 4.74 Å². The van der Waals surface area contributed by atoms with Crippen LogP contribution in [0.15, 0.2) is 18.2 Å². The van der Waals surface area contributed by atoms with Crippen molar-refractivity contribution < 1.29 is 9.47 Å². The molecule has 5 heteroatoms. The molecule has 96 valence electrons. The number of fused-ring (bicyclic) bond motifs is 1. The van der Waals surface area contributed by atoms with E-state index in [-0.39, 0.29) is 12.1 Å². The quantitative estimate of drug-likeness (QED) is 0.881. The number of imidazole rings is 1. The number of ether oxygens (including phenoxy) is 2. The van der Waals surface area contributed by atoms with Crippen molar-refractivity contribution in [2.75, 3.05) is 19.5 Å². The number of nitrogens with zero attached hydrogens (tertiary/aromatic N) is 2. The van der Waals surface area contributed by atoms with Crippen LogP contribution < -0.4 is 10.5 Å². The summed E-state index contributed by atoms with van der Waals surface area (Å²) in [6.45, 7) is 2.85. The molecule has 0 spiro atoms. The summed E-state index contributed by atoms with van der Waals surface area (Å²) in [6.07, 6.45) is 1.13. The van der Waals surface area contributed by atoms with E-state index < -0.39 is 0 Å². The van der Waals surface area contributed by atoms with Crippen molar-refractivity contribution in [3.8, 4) is 5.75 Å². The van der Waals surface area contributed by atoms with Crippen LogP contribution in [0.3, 0.4) is 0 Å². The summed E-state index contributed by atoms with van der Waals surface area (Å²) in [5, 5.41) is 0. The van der Waals surface area contributed by atoms with Gasteiger partial charge in [-0.05, 0) is 25.5 Å². The lowest BCUT2D eigenvalue weighted by molar-refractivity contribution is 0.109. The second-order valence-corrected chi connectivity index (χ2v) is 4.63. The molecule has 2 heterocycles. The molecular formula is C13H17N3O2. The highest BCUT2D eigenvalue weighted by atomic mass is 16.5. The van der Waals surface area contributed by atoms with E-state index in [1.54, 1.807) is 7.11 Å². The van der Waals surface area contributed by atoms with Gasteiger partial charge >= 0.3 is 0 Å². The first-order valence-electron chi connectivity index (χ1n) is 6.14. The van der Waals surface area contributed by atoms with Crippen molar-refractivity contribution in [1.29, 1.82) is 0 Å². The second kappa shape index (κ2) is 4.17. The molecule has 2 N–H and O–H groups in total. The lowest BCUT2D eigenvalue weighted by Crippen LogP contribution is -2.18. The number of methoxy groups -OCH3 is 1. The van der Waals surface area contributed by atoms with Gasteiger partial charge in [0, 0.05) is 12.7 Å². The maximum absolute atomic E-state index is 6.04. The Labute approximate surface area is 106 Å². The largest absolute Gasteiger partial charge is 0.497 e. The summed E-state index contributed by atoms with van der Waals surface area (Å²) in [6, 6.07) is 6.06. The van der Waals surface area contributed by atoms with Crippen LogP contribution >= 0.6 is 0 Å². The number of nitrogens with two attached hydrogens (primary N) is 1. The smallest absolute Gasteiger partial charge is 0.201 e. The van der Waals surface area contributed by atoms with Gasteiger partial charge in [-0.2, -0.15) is 0 Å². The molecule has 0 aliphatic carbocycles. The van der Waals surface area contributed by atoms with Crippen LogP contribution in [0.1, 0.15) is 19.4 Å². The fourth-order valence-electron chi connectivity index (χ4n) is 2.63. The van der Waals surface area contributed by atoms with E-state index in [2.05, 4.69) is 16.5 Å². The summed E-state index contributed by atoms with van der Waals surface area (Å²) >= 11 is 0. The van der Waals surface area contributed by atoms with Gasteiger partial charge in [-0.1, -0.05) is 0 Å². The van der Waals surface area contributed by atoms with Gasteiger partial charge in [0.2, 0.25) is 5.95 Å². The molecule has 1 aromatic carbocycles. The Morgan fingerprint density at radius 1 is 1.50 bits per heavy atom. The van der Waals surface area contributed by atoms with Crippen LogP contribution in [0, 0.1) is 0 Å². The Balaban J connectivity index is 2.17. The topological polar surface area (TPSA) is 62.3 Å². The summed E-state index contributed by atoms with van der Waals surface area (Å²) < 4.78 is 12.9. The van der Waals surface area contributed by atoms with E-state index in [9.17, 15) is 0 Å². The first-order valence-corrected chi connectivity index (χ1v) is 6.14. The van der Waals surface area contributed by atoms with Gasteiger partial charge in [-0.25, -0.2) is 4.98 Å². The minimum atomic E-state index is 0.163. The van der Waals surface area contributed by atoms with Crippen molar-refractivity contribution in [2.24, 2.45) is 0 Å². The maximum atomic E-state index is 6.04. The lowest BCUT2D eigenvalue weighted by Gasteiger charge is -2.18. The van der Waals surface area contributed by atoms with Crippen molar-refractivity contribution in [3.63, 3.8) is 0 Å². The fourth-order valence-corrected chi connectivity index (χ4v) is 2.63. The number of aromatic nitrogens is 2. The van der Waals surface area contributed by atoms with Gasteiger partial charge in [0.1, 0.15) is 5.75 Å². The third kappa shape index (κ3) is 1.62. The maximum Gasteiger partial charge on any atom is 0.201 e. The first kappa shape index (κ1) is 11.3. The Kier molecular flexibility index (Phi) is 2.63. The molecule has 2 atom stereocenters. The molecule has 1 fully saturated rings. The normalized spacial score (nSPS) is 23.7. The van der Waals surface area contributed by atoms with E-state index in [4.69, 9.17) is 15.2 Å². The lowest BCUT2D eigenvalue weighted by atomic mass is 10.1. The van der Waals surface area contributed by atoms with Crippen LogP contribution in [0.5, 0.6) is 5.75 Å². The molecule has 1 aliphatic rings. The van der Waals surface area contributed by atoms with Gasteiger partial charge < -0.3 is 19.8 Å². The average Bonchev–Trinajstić information content (AvgIpc) is 2.90. The number of hydrogen-bond acceptors (Lipinski definition) is 4. The molecule has 2 aromatic rings. The average molecular weight is 247 g/mol. The number of rotatable bonds is 2. The Hall–Kier alpha value is -1.75. The molecule has 0 bridgehead atoms. The van der Waals surface area contributed by atoms with Gasteiger partial charge in [0.25, 0.3) is 0 Å². The van der Waals surface area contributed by atoms with Gasteiger partial charge in [-0.3, -0.25) is 0 Å². The SMILES string of the molecule is COc1ccc2nc(N)n(C3CCOC3C)c2c1. The van der Waals surface area contributed by atoms with Crippen molar-refractivity contribution in [1.82, 2.24) is 9.55 Å². The molecule has 2 unspecified atom stereocenters. The molecular weight excluding hydrogens is 230 g/mol. The Bertz CT molecular complexity index is 579. The van der Waals surface area contributed by atoms with E-state index >= 15 is 0 Å². The van der Waals surface area contributed by atoms with Crippen LogP contribution in [0.25, 0.3) is 11.0 Å². The zero-order valence-corrected chi connectivity index (χ0v) is 10.6. The molecule has 0 radical (unpaired) electrons. The highest BCUT2D eigenvalue weighted by molar-refractivity contribution is 5.80. The van der Waals surface area contributed by atoms with Crippen LogP contribution in [0.4, 0.5) is 5.95 Å². The van der Waals surface area contributed by atoms with Crippen LogP contribution in [0.2, 0.25) is 0 Å². The predicted octanol–water partition coefficient (Wildman–Crippen LogP) is 1.98. The van der Waals surface area contributed by atoms with Crippen molar-refractivity contribution in [2.45, 2.75) is 25.5 Å². The second-order valence-electron chi connectivity index (χ2n) is 4.63. The Morgan fingerprint density at radius 2 is 2.33 bits per heavy atom. The molecule has 3 rings (SSSR count). The summed E-state index contributed by atoms with van der Waals surface area (Å²) in [7, 11) is 1.66. The fraction of sp³-hybridized carbons (Fsp3) is 0.462. The summed E-state index contributed by atoms with van der Waals surface area (Å²) in [5.74, 6) is 1.36. The molecule has 18 heavy (non-hydrogen) atoms. The number of benzene rings is 1. The highest BCUT2D eigenvalue weighted by Crippen LogP contribution is 2.33. The van der Waals surface area contributed by atoms with E-state index in [0.29, 0.717) is 5.95 Å². The minimum Gasteiger partial charge on any atom is -0.497 e. The predicted molar refractivity (Wildman–Crippen MR) is 69.8 cm³/mol. The number of nitrogen functional groups attached to an aromatic ring is 1. The minimum absolute atomic E-state index is 0.163. The van der Waals surface area contributed by atoms with Gasteiger partial charge in [0.15, 0.2) is 0 Å². The molecule has 0 amide bonds. The van der Waals surface area contributed by atoms with Crippen molar-refractivity contribution in [3.05, 3.63) is 18.2 Å². The zero-order chi connectivity index (χ0) is 12.7. The summed E-state index contributed by atoms with van der Waals surface area (Å²) in [4.78, 5) is 4.40. The van der Waals surface area contributed by atoms with E-state index in [1.165, 1.54) is 0 Å². The monoisotopic (exact) mass is 247 g/mol. The highest BCUT2D eigenvalue weighted by Gasteiger charge is 2.28. The standard InChI is InChI=1S/C13H17N3O2/c1-8-11(5-6-18-8)16-12-7-9(17-2)3-4-10(12)15-13(16)14/h3-4,7-8,11H,5-6H2,1-2H3,(H2,14,15). The zero-order valence-electron chi connectivity index (χ0n) is 10.6. The van der Waals surface area contributed by atoms with E-state index in [1.807, 2.05) is 18.2 Å². The molecule has 1 aromatic heterocycles. The van der Waals surface area contributed by atoms with Gasteiger partial charge in [0.05, 0.1) is 30.3 Å². The Morgan fingerprint density at radius 3 is 3.00 bits per heavy atom. The first-order chi connectivity index (χ1) is 8.70. The van der Waals surface area contributed by atoms with Gasteiger partial charge in [-0.15, -0.1) is 0 Å². The molecule has 1 aliphatic heterocycles.